The fraction of sp³-hybridized carbons (Fsp3) is 0.125. The number of carbonyl (C=O) groups is 1. The van der Waals surface area contributed by atoms with Crippen LogP contribution in [0.5, 0.6) is 0 Å². The number of thiazole rings is 1. The number of nitro benzene ring substituents is 1. The van der Waals surface area contributed by atoms with Crippen molar-refractivity contribution in [2.75, 3.05) is 5.32 Å². The number of carbonyl (C=O) groups excluding carboxylic acids is 1. The van der Waals surface area contributed by atoms with Gasteiger partial charge in [-0.2, -0.15) is 0 Å². The summed E-state index contributed by atoms with van der Waals surface area (Å²) >= 11 is 1.38. The Bertz CT molecular complexity index is 894. The first kappa shape index (κ1) is 15.1. The fourth-order valence-corrected chi connectivity index (χ4v) is 3.10. The number of amides is 1. The van der Waals surface area contributed by atoms with Gasteiger partial charge >= 0.3 is 0 Å². The first-order chi connectivity index (χ1) is 10.9. The second kappa shape index (κ2) is 5.77. The molecule has 0 unspecified atom stereocenters. The van der Waals surface area contributed by atoms with E-state index in [9.17, 15) is 14.9 Å². The molecule has 7 heteroatoms. The Morgan fingerprint density at radius 1 is 1.22 bits per heavy atom. The van der Waals surface area contributed by atoms with E-state index in [4.69, 9.17) is 0 Å². The number of aromatic nitrogens is 1. The van der Waals surface area contributed by atoms with Crippen LogP contribution in [0.4, 0.5) is 10.8 Å². The van der Waals surface area contributed by atoms with Crippen LogP contribution in [0.25, 0.3) is 10.2 Å². The van der Waals surface area contributed by atoms with E-state index >= 15 is 0 Å². The minimum absolute atomic E-state index is 0.117. The first-order valence-electron chi connectivity index (χ1n) is 6.87. The number of benzene rings is 2. The number of nitro groups is 1. The van der Waals surface area contributed by atoms with E-state index in [-0.39, 0.29) is 11.3 Å². The van der Waals surface area contributed by atoms with Crippen LogP contribution in [0.15, 0.2) is 36.4 Å². The van der Waals surface area contributed by atoms with Crippen molar-refractivity contribution in [1.29, 1.82) is 0 Å². The molecule has 6 nitrogen and oxygen atoms in total. The number of anilines is 1. The van der Waals surface area contributed by atoms with Gasteiger partial charge in [-0.3, -0.25) is 20.2 Å². The first-order valence-corrected chi connectivity index (χ1v) is 7.69. The Balaban J connectivity index is 1.88. The fourth-order valence-electron chi connectivity index (χ4n) is 2.16. The van der Waals surface area contributed by atoms with Crippen molar-refractivity contribution in [3.63, 3.8) is 0 Å². The second-order valence-corrected chi connectivity index (χ2v) is 6.22. The van der Waals surface area contributed by atoms with Crippen molar-refractivity contribution in [1.82, 2.24) is 4.98 Å². The van der Waals surface area contributed by atoms with E-state index in [0.717, 1.165) is 21.3 Å². The number of hydrogen-bond donors (Lipinski definition) is 1. The highest BCUT2D eigenvalue weighted by Crippen LogP contribution is 2.28. The van der Waals surface area contributed by atoms with Crippen molar-refractivity contribution in [3.8, 4) is 0 Å². The number of fused-ring (bicyclic) bond motifs is 1. The Kier molecular flexibility index (Phi) is 3.79. The number of non-ortho nitro benzene ring substituents is 1. The highest BCUT2D eigenvalue weighted by atomic mass is 32.1. The van der Waals surface area contributed by atoms with Gasteiger partial charge in [-0.05, 0) is 43.2 Å². The van der Waals surface area contributed by atoms with Gasteiger partial charge in [0, 0.05) is 17.7 Å². The number of nitrogens with one attached hydrogen (secondary N) is 1. The molecule has 116 valence electrons. The molecule has 0 saturated heterocycles. The smallest absolute Gasteiger partial charge is 0.270 e. The molecule has 3 aromatic rings. The van der Waals surface area contributed by atoms with Crippen LogP contribution >= 0.6 is 11.3 Å². The predicted octanol–water partition coefficient (Wildman–Crippen LogP) is 4.07. The maximum atomic E-state index is 12.2. The summed E-state index contributed by atoms with van der Waals surface area (Å²) in [6.07, 6.45) is 0. The van der Waals surface area contributed by atoms with Crippen molar-refractivity contribution in [2.45, 2.75) is 13.8 Å². The second-order valence-electron chi connectivity index (χ2n) is 5.18. The van der Waals surface area contributed by atoms with Gasteiger partial charge < -0.3 is 0 Å². The van der Waals surface area contributed by atoms with Gasteiger partial charge in [0.2, 0.25) is 0 Å². The highest BCUT2D eigenvalue weighted by Gasteiger charge is 2.14. The third-order valence-electron chi connectivity index (χ3n) is 3.54. The van der Waals surface area contributed by atoms with Crippen LogP contribution in [0.1, 0.15) is 21.5 Å². The van der Waals surface area contributed by atoms with Crippen LogP contribution in [-0.4, -0.2) is 15.8 Å². The van der Waals surface area contributed by atoms with E-state index in [0.29, 0.717) is 5.13 Å². The van der Waals surface area contributed by atoms with Gasteiger partial charge in [0.25, 0.3) is 11.6 Å². The summed E-state index contributed by atoms with van der Waals surface area (Å²) in [6, 6.07) is 9.62. The average Bonchev–Trinajstić information content (AvgIpc) is 2.89. The van der Waals surface area contributed by atoms with Crippen molar-refractivity contribution < 1.29 is 9.72 Å². The van der Waals surface area contributed by atoms with E-state index in [1.807, 2.05) is 26.0 Å². The maximum absolute atomic E-state index is 12.2. The molecule has 1 amide bonds. The van der Waals surface area contributed by atoms with Gasteiger partial charge in [0.05, 0.1) is 15.1 Å². The van der Waals surface area contributed by atoms with E-state index in [1.165, 1.54) is 35.6 Å². The third kappa shape index (κ3) is 3.04. The minimum Gasteiger partial charge on any atom is -0.298 e. The molecule has 0 aliphatic carbocycles. The molecule has 23 heavy (non-hydrogen) atoms. The molecular formula is C16H13N3O3S. The van der Waals surface area contributed by atoms with E-state index in [1.54, 1.807) is 0 Å². The Labute approximate surface area is 135 Å². The zero-order valence-corrected chi connectivity index (χ0v) is 13.3. The summed E-state index contributed by atoms with van der Waals surface area (Å²) in [5, 5.41) is 14.0. The summed E-state index contributed by atoms with van der Waals surface area (Å²) < 4.78 is 0.988. The molecule has 0 spiro atoms. The molecule has 0 radical (unpaired) electrons. The summed E-state index contributed by atoms with van der Waals surface area (Å²) in [7, 11) is 0. The lowest BCUT2D eigenvalue weighted by atomic mass is 10.1. The van der Waals surface area contributed by atoms with E-state index in [2.05, 4.69) is 10.3 Å². The summed E-state index contributed by atoms with van der Waals surface area (Å²) in [6.45, 7) is 4.03. The molecular weight excluding hydrogens is 314 g/mol. The topological polar surface area (TPSA) is 85.1 Å². The summed E-state index contributed by atoms with van der Waals surface area (Å²) in [5.74, 6) is -0.416. The SMILES string of the molecule is Cc1cc2nc(NC(=O)c3cccc([N+](=O)[O-])c3)sc2cc1C. The molecule has 0 atom stereocenters. The Hall–Kier alpha value is -2.80. The van der Waals surface area contributed by atoms with Gasteiger partial charge in [-0.1, -0.05) is 17.4 Å². The normalized spacial score (nSPS) is 10.7. The van der Waals surface area contributed by atoms with Crippen LogP contribution in [0.2, 0.25) is 0 Å². The quantitative estimate of drug-likeness (QED) is 0.580. The predicted molar refractivity (Wildman–Crippen MR) is 90.1 cm³/mol. The molecule has 1 aromatic heterocycles. The molecule has 1 N–H and O–H groups in total. The van der Waals surface area contributed by atoms with Crippen molar-refractivity contribution >= 4 is 38.3 Å². The molecule has 0 aliphatic rings. The number of aryl methyl sites for hydroxylation is 2. The van der Waals surface area contributed by atoms with Crippen LogP contribution < -0.4 is 5.32 Å². The zero-order valence-electron chi connectivity index (χ0n) is 12.5. The van der Waals surface area contributed by atoms with Crippen molar-refractivity contribution in [2.24, 2.45) is 0 Å². The Morgan fingerprint density at radius 2 is 1.96 bits per heavy atom. The molecule has 1 heterocycles. The molecule has 0 bridgehead atoms. The third-order valence-corrected chi connectivity index (χ3v) is 4.48. The van der Waals surface area contributed by atoms with Crippen molar-refractivity contribution in [3.05, 3.63) is 63.2 Å². The van der Waals surface area contributed by atoms with Gasteiger partial charge in [0.15, 0.2) is 5.13 Å². The standard InChI is InChI=1S/C16H13N3O3S/c1-9-6-13-14(7-10(9)2)23-16(17-13)18-15(20)11-4-3-5-12(8-11)19(21)22/h3-8H,1-2H3,(H,17,18,20). The monoisotopic (exact) mass is 327 g/mol. The summed E-state index contributed by atoms with van der Waals surface area (Å²) in [4.78, 5) is 26.9. The largest absolute Gasteiger partial charge is 0.298 e. The Morgan fingerprint density at radius 3 is 2.70 bits per heavy atom. The van der Waals surface area contributed by atoms with Crippen LogP contribution in [0.3, 0.4) is 0 Å². The molecule has 0 aliphatic heterocycles. The van der Waals surface area contributed by atoms with E-state index < -0.39 is 10.8 Å². The highest BCUT2D eigenvalue weighted by molar-refractivity contribution is 7.22. The minimum atomic E-state index is -0.528. The molecule has 0 fully saturated rings. The van der Waals surface area contributed by atoms with Gasteiger partial charge in [0.1, 0.15) is 0 Å². The number of rotatable bonds is 3. The molecule has 2 aromatic carbocycles. The molecule has 0 saturated carbocycles. The van der Waals surface area contributed by atoms with Crippen LogP contribution in [-0.2, 0) is 0 Å². The lowest BCUT2D eigenvalue weighted by molar-refractivity contribution is -0.384. The van der Waals surface area contributed by atoms with Crippen LogP contribution in [0, 0.1) is 24.0 Å². The zero-order chi connectivity index (χ0) is 16.6. The van der Waals surface area contributed by atoms with Gasteiger partial charge in [-0.25, -0.2) is 4.98 Å². The van der Waals surface area contributed by atoms with Gasteiger partial charge in [-0.15, -0.1) is 0 Å². The number of hydrogen-bond acceptors (Lipinski definition) is 5. The lowest BCUT2D eigenvalue weighted by Crippen LogP contribution is -2.11. The lowest BCUT2D eigenvalue weighted by Gasteiger charge is -2.01. The average molecular weight is 327 g/mol. The maximum Gasteiger partial charge on any atom is 0.270 e. The number of nitrogens with zero attached hydrogens (tertiary/aromatic N) is 2. The summed E-state index contributed by atoms with van der Waals surface area (Å²) in [5.41, 5.74) is 3.24. The molecule has 3 rings (SSSR count).